The van der Waals surface area contributed by atoms with E-state index in [0.29, 0.717) is 19.0 Å². The molecule has 0 aliphatic heterocycles. The summed E-state index contributed by atoms with van der Waals surface area (Å²) in [6, 6.07) is 3.59. The zero-order valence-corrected chi connectivity index (χ0v) is 14.5. The zero-order valence-electron chi connectivity index (χ0n) is 14.5. The molecule has 0 bridgehead atoms. The van der Waals surface area contributed by atoms with E-state index in [-0.39, 0.29) is 18.2 Å². The Kier molecular flexibility index (Phi) is 5.87. The molecule has 1 saturated carbocycles. The number of hydrogen-bond acceptors (Lipinski definition) is 4. The molecule has 0 unspecified atom stereocenters. The van der Waals surface area contributed by atoms with Gasteiger partial charge >= 0.3 is 6.03 Å². The number of hydrogen-bond donors (Lipinski definition) is 2. The van der Waals surface area contributed by atoms with E-state index >= 15 is 0 Å². The van der Waals surface area contributed by atoms with E-state index in [2.05, 4.69) is 20.6 Å². The molecule has 7 nitrogen and oxygen atoms in total. The van der Waals surface area contributed by atoms with Crippen LogP contribution in [0.15, 0.2) is 37.1 Å². The summed E-state index contributed by atoms with van der Waals surface area (Å²) in [6.45, 7) is 3.02. The van der Waals surface area contributed by atoms with Crippen molar-refractivity contribution in [3.8, 4) is 5.88 Å². The molecular formula is C18H25N5O2. The molecule has 3 rings (SSSR count). The Labute approximate surface area is 147 Å². The molecule has 1 fully saturated rings. The van der Waals surface area contributed by atoms with Crippen molar-refractivity contribution in [2.24, 2.45) is 0 Å². The molecule has 134 valence electrons. The third-order valence-electron chi connectivity index (χ3n) is 4.29. The summed E-state index contributed by atoms with van der Waals surface area (Å²) in [4.78, 5) is 20.4. The van der Waals surface area contributed by atoms with Gasteiger partial charge in [0.15, 0.2) is 0 Å². The Morgan fingerprint density at radius 3 is 3.00 bits per heavy atom. The standard InChI is InChI=1S/C18H25N5O2/c1-14(12-23-10-9-19-13-23)22-18(24)21-11-15-5-4-8-20-17(15)25-16-6-2-3-7-16/h4-5,8-10,13-14,16H,2-3,6-7,11-12H2,1H3,(H2,21,22,24)/t14-/m1/s1. The predicted molar refractivity (Wildman–Crippen MR) is 94.2 cm³/mol. The summed E-state index contributed by atoms with van der Waals surface area (Å²) >= 11 is 0. The number of nitrogens with one attached hydrogen (secondary N) is 2. The Balaban J connectivity index is 1.48. The fraction of sp³-hybridized carbons (Fsp3) is 0.500. The van der Waals surface area contributed by atoms with Crippen LogP contribution < -0.4 is 15.4 Å². The predicted octanol–water partition coefficient (Wildman–Crippen LogP) is 2.49. The molecule has 25 heavy (non-hydrogen) atoms. The van der Waals surface area contributed by atoms with Gasteiger partial charge < -0.3 is 19.9 Å². The molecule has 0 radical (unpaired) electrons. The first-order chi connectivity index (χ1) is 12.2. The highest BCUT2D eigenvalue weighted by Gasteiger charge is 2.18. The van der Waals surface area contributed by atoms with Gasteiger partial charge in [-0.3, -0.25) is 0 Å². The number of aromatic nitrogens is 3. The van der Waals surface area contributed by atoms with Gasteiger partial charge in [-0.05, 0) is 38.7 Å². The molecular weight excluding hydrogens is 318 g/mol. The van der Waals surface area contributed by atoms with Crippen LogP contribution in [-0.2, 0) is 13.1 Å². The number of urea groups is 1. The van der Waals surface area contributed by atoms with Gasteiger partial charge in [0.2, 0.25) is 5.88 Å². The van der Waals surface area contributed by atoms with Crippen molar-refractivity contribution in [2.75, 3.05) is 0 Å². The smallest absolute Gasteiger partial charge is 0.315 e. The van der Waals surface area contributed by atoms with Crippen molar-refractivity contribution in [1.29, 1.82) is 0 Å². The van der Waals surface area contributed by atoms with Crippen LogP contribution in [0.25, 0.3) is 0 Å². The molecule has 2 N–H and O–H groups in total. The quantitative estimate of drug-likeness (QED) is 0.809. The van der Waals surface area contributed by atoms with Crippen LogP contribution in [-0.4, -0.2) is 32.7 Å². The highest BCUT2D eigenvalue weighted by molar-refractivity contribution is 5.74. The van der Waals surface area contributed by atoms with Crippen LogP contribution in [0.4, 0.5) is 4.79 Å². The topological polar surface area (TPSA) is 81.1 Å². The minimum Gasteiger partial charge on any atom is -0.474 e. The lowest BCUT2D eigenvalue weighted by Gasteiger charge is -2.17. The highest BCUT2D eigenvalue weighted by Crippen LogP contribution is 2.24. The maximum absolute atomic E-state index is 12.1. The number of carbonyl (C=O) groups is 1. The first-order valence-corrected chi connectivity index (χ1v) is 8.81. The number of ether oxygens (including phenoxy) is 1. The van der Waals surface area contributed by atoms with Gasteiger partial charge in [-0.15, -0.1) is 0 Å². The van der Waals surface area contributed by atoms with Crippen LogP contribution in [0.3, 0.4) is 0 Å². The van der Waals surface area contributed by atoms with Crippen LogP contribution >= 0.6 is 0 Å². The molecule has 2 aromatic heterocycles. The summed E-state index contributed by atoms with van der Waals surface area (Å²) in [5, 5.41) is 5.80. The van der Waals surface area contributed by atoms with E-state index < -0.39 is 0 Å². The van der Waals surface area contributed by atoms with Gasteiger partial charge in [0.25, 0.3) is 0 Å². The Morgan fingerprint density at radius 2 is 2.24 bits per heavy atom. The zero-order chi connectivity index (χ0) is 17.5. The summed E-state index contributed by atoms with van der Waals surface area (Å²) in [5.74, 6) is 0.626. The van der Waals surface area contributed by atoms with E-state index in [1.165, 1.54) is 12.8 Å². The highest BCUT2D eigenvalue weighted by atomic mass is 16.5. The second-order valence-electron chi connectivity index (χ2n) is 6.48. The van der Waals surface area contributed by atoms with Gasteiger partial charge in [0.1, 0.15) is 6.10 Å². The first kappa shape index (κ1) is 17.3. The number of amides is 2. The van der Waals surface area contributed by atoms with Gasteiger partial charge in [0.05, 0.1) is 6.33 Å². The minimum atomic E-state index is -0.205. The number of rotatable bonds is 7. The molecule has 1 aliphatic carbocycles. The third kappa shape index (κ3) is 5.20. The maximum Gasteiger partial charge on any atom is 0.315 e. The third-order valence-corrected chi connectivity index (χ3v) is 4.29. The average molecular weight is 343 g/mol. The van der Waals surface area contributed by atoms with E-state index in [1.807, 2.05) is 29.8 Å². The largest absolute Gasteiger partial charge is 0.474 e. The van der Waals surface area contributed by atoms with Gasteiger partial charge in [-0.2, -0.15) is 0 Å². The number of nitrogens with zero attached hydrogens (tertiary/aromatic N) is 3. The summed E-state index contributed by atoms with van der Waals surface area (Å²) in [7, 11) is 0. The van der Waals surface area contributed by atoms with Crippen molar-refractivity contribution in [1.82, 2.24) is 25.2 Å². The van der Waals surface area contributed by atoms with Gasteiger partial charge in [-0.25, -0.2) is 14.8 Å². The lowest BCUT2D eigenvalue weighted by Crippen LogP contribution is -2.42. The lowest BCUT2D eigenvalue weighted by atomic mass is 10.2. The maximum atomic E-state index is 12.1. The summed E-state index contributed by atoms with van der Waals surface area (Å²) in [6.07, 6.45) is 11.9. The Bertz CT molecular complexity index is 668. The summed E-state index contributed by atoms with van der Waals surface area (Å²) in [5.41, 5.74) is 0.895. The van der Waals surface area contributed by atoms with Crippen molar-refractivity contribution in [3.63, 3.8) is 0 Å². The minimum absolute atomic E-state index is 0.00249. The van der Waals surface area contributed by atoms with E-state index in [4.69, 9.17) is 4.74 Å². The van der Waals surface area contributed by atoms with E-state index in [0.717, 1.165) is 18.4 Å². The fourth-order valence-corrected chi connectivity index (χ4v) is 3.04. The molecule has 0 aromatic carbocycles. The second-order valence-corrected chi connectivity index (χ2v) is 6.48. The van der Waals surface area contributed by atoms with Gasteiger partial charge in [0, 0.05) is 43.3 Å². The monoisotopic (exact) mass is 343 g/mol. The van der Waals surface area contributed by atoms with Crippen molar-refractivity contribution < 1.29 is 9.53 Å². The first-order valence-electron chi connectivity index (χ1n) is 8.81. The van der Waals surface area contributed by atoms with Crippen LogP contribution in [0.5, 0.6) is 5.88 Å². The molecule has 1 atom stereocenters. The molecule has 1 aliphatic rings. The Morgan fingerprint density at radius 1 is 1.40 bits per heavy atom. The van der Waals surface area contributed by atoms with Crippen LogP contribution in [0.1, 0.15) is 38.2 Å². The number of carbonyl (C=O) groups excluding carboxylic acids is 1. The SMILES string of the molecule is C[C@H](Cn1ccnc1)NC(=O)NCc1cccnc1OC1CCCC1. The normalized spacial score (nSPS) is 15.7. The van der Waals surface area contributed by atoms with Crippen molar-refractivity contribution in [2.45, 2.75) is 57.8 Å². The summed E-state index contributed by atoms with van der Waals surface area (Å²) < 4.78 is 7.93. The van der Waals surface area contributed by atoms with E-state index in [1.54, 1.807) is 18.7 Å². The lowest BCUT2D eigenvalue weighted by molar-refractivity contribution is 0.198. The Hall–Kier alpha value is -2.57. The molecule has 0 saturated heterocycles. The van der Waals surface area contributed by atoms with Crippen LogP contribution in [0.2, 0.25) is 0 Å². The molecule has 7 heteroatoms. The van der Waals surface area contributed by atoms with Gasteiger partial charge in [-0.1, -0.05) is 6.07 Å². The van der Waals surface area contributed by atoms with E-state index in [9.17, 15) is 4.79 Å². The molecule has 2 aromatic rings. The second kappa shape index (κ2) is 8.50. The van der Waals surface area contributed by atoms with Crippen molar-refractivity contribution in [3.05, 3.63) is 42.6 Å². The molecule has 2 amide bonds. The average Bonchev–Trinajstić information content (AvgIpc) is 3.28. The molecule has 2 heterocycles. The number of pyridine rings is 1. The number of imidazole rings is 1. The van der Waals surface area contributed by atoms with Crippen molar-refractivity contribution >= 4 is 6.03 Å². The molecule has 0 spiro atoms. The van der Waals surface area contributed by atoms with Crippen LogP contribution in [0, 0.1) is 0 Å². The fourth-order valence-electron chi connectivity index (χ4n) is 3.04.